The third-order valence-corrected chi connectivity index (χ3v) is 4.81. The van der Waals surface area contributed by atoms with Crippen molar-refractivity contribution in [2.75, 3.05) is 13.2 Å². The van der Waals surface area contributed by atoms with E-state index in [1.54, 1.807) is 11.3 Å². The highest BCUT2D eigenvalue weighted by Crippen LogP contribution is 2.25. The summed E-state index contributed by atoms with van der Waals surface area (Å²) in [7, 11) is 0. The van der Waals surface area contributed by atoms with E-state index in [9.17, 15) is 0 Å². The van der Waals surface area contributed by atoms with Gasteiger partial charge in [0, 0.05) is 34.0 Å². The quantitative estimate of drug-likeness (QED) is 0.663. The zero-order chi connectivity index (χ0) is 11.4. The molecular formula is C11H17BrN2OS. The molecule has 3 N–H and O–H groups in total. The second-order valence-electron chi connectivity index (χ2n) is 4.16. The number of hydrazine groups is 1. The van der Waals surface area contributed by atoms with Crippen molar-refractivity contribution in [3.63, 3.8) is 0 Å². The lowest BCUT2D eigenvalue weighted by Gasteiger charge is -2.29. The van der Waals surface area contributed by atoms with Crippen molar-refractivity contribution < 1.29 is 4.74 Å². The van der Waals surface area contributed by atoms with Gasteiger partial charge in [0.05, 0.1) is 0 Å². The largest absolute Gasteiger partial charge is 0.381 e. The fourth-order valence-electron chi connectivity index (χ4n) is 2.16. The summed E-state index contributed by atoms with van der Waals surface area (Å²) >= 11 is 5.26. The minimum absolute atomic E-state index is 0.370. The van der Waals surface area contributed by atoms with Gasteiger partial charge >= 0.3 is 0 Å². The van der Waals surface area contributed by atoms with Gasteiger partial charge in [-0.15, -0.1) is 11.3 Å². The lowest BCUT2D eigenvalue weighted by molar-refractivity contribution is 0.0539. The summed E-state index contributed by atoms with van der Waals surface area (Å²) in [6.07, 6.45) is 3.24. The molecule has 0 bridgehead atoms. The van der Waals surface area contributed by atoms with E-state index in [0.717, 1.165) is 36.9 Å². The standard InChI is InChI=1S/C11H17BrN2OS/c12-9-5-10(16-7-9)6-11(14-13)8-1-3-15-4-2-8/h5,7-8,11,14H,1-4,6,13H2. The van der Waals surface area contributed by atoms with Crippen LogP contribution in [0.2, 0.25) is 0 Å². The molecule has 2 heterocycles. The summed E-state index contributed by atoms with van der Waals surface area (Å²) < 4.78 is 6.54. The number of nitrogens with two attached hydrogens (primary N) is 1. The maximum atomic E-state index is 5.66. The third-order valence-electron chi connectivity index (χ3n) is 3.09. The summed E-state index contributed by atoms with van der Waals surface area (Å²) in [5.74, 6) is 6.30. The Kier molecular flexibility index (Phi) is 4.79. The number of rotatable bonds is 4. The molecule has 1 unspecified atom stereocenters. The first-order chi connectivity index (χ1) is 7.79. The van der Waals surface area contributed by atoms with Gasteiger partial charge in [-0.1, -0.05) is 0 Å². The molecule has 1 fully saturated rings. The van der Waals surface area contributed by atoms with Crippen LogP contribution in [-0.4, -0.2) is 19.3 Å². The molecule has 0 spiro atoms. The van der Waals surface area contributed by atoms with Gasteiger partial charge in [0.2, 0.25) is 0 Å². The van der Waals surface area contributed by atoms with Crippen LogP contribution >= 0.6 is 27.3 Å². The van der Waals surface area contributed by atoms with Gasteiger partial charge in [-0.2, -0.15) is 0 Å². The Morgan fingerprint density at radius 2 is 2.31 bits per heavy atom. The summed E-state index contributed by atoms with van der Waals surface area (Å²) in [5.41, 5.74) is 2.97. The highest BCUT2D eigenvalue weighted by Gasteiger charge is 2.23. The molecule has 2 rings (SSSR count). The highest BCUT2D eigenvalue weighted by molar-refractivity contribution is 9.10. The lowest BCUT2D eigenvalue weighted by atomic mass is 9.90. The Bertz CT molecular complexity index is 326. The van der Waals surface area contributed by atoms with Gasteiger partial charge in [-0.25, -0.2) is 0 Å². The van der Waals surface area contributed by atoms with E-state index in [2.05, 4.69) is 32.8 Å². The van der Waals surface area contributed by atoms with Crippen molar-refractivity contribution >= 4 is 27.3 Å². The first-order valence-electron chi connectivity index (χ1n) is 5.56. The molecule has 3 nitrogen and oxygen atoms in total. The molecule has 16 heavy (non-hydrogen) atoms. The Hall–Kier alpha value is 0.0600. The Balaban J connectivity index is 1.94. The van der Waals surface area contributed by atoms with Crippen LogP contribution in [0.1, 0.15) is 17.7 Å². The van der Waals surface area contributed by atoms with Gasteiger partial charge in [0.1, 0.15) is 0 Å². The first kappa shape index (κ1) is 12.5. The number of halogens is 1. The molecule has 1 saturated heterocycles. The van der Waals surface area contributed by atoms with Gasteiger partial charge in [0.15, 0.2) is 0 Å². The summed E-state index contributed by atoms with van der Waals surface area (Å²) in [6.45, 7) is 1.74. The Labute approximate surface area is 108 Å². The van der Waals surface area contributed by atoms with Crippen molar-refractivity contribution in [1.82, 2.24) is 5.43 Å². The second-order valence-corrected chi connectivity index (χ2v) is 6.07. The van der Waals surface area contributed by atoms with Crippen LogP contribution in [-0.2, 0) is 11.2 Å². The monoisotopic (exact) mass is 304 g/mol. The molecule has 90 valence electrons. The van der Waals surface area contributed by atoms with Crippen LogP contribution in [0.5, 0.6) is 0 Å². The van der Waals surface area contributed by atoms with E-state index < -0.39 is 0 Å². The second kappa shape index (κ2) is 6.12. The molecule has 1 aromatic rings. The van der Waals surface area contributed by atoms with Crippen molar-refractivity contribution in [2.45, 2.75) is 25.3 Å². The number of nitrogens with one attached hydrogen (secondary N) is 1. The molecule has 5 heteroatoms. The van der Waals surface area contributed by atoms with E-state index in [0.29, 0.717) is 12.0 Å². The molecule has 0 aromatic carbocycles. The Morgan fingerprint density at radius 3 is 2.88 bits per heavy atom. The van der Waals surface area contributed by atoms with E-state index in [1.807, 2.05) is 0 Å². The predicted octanol–water partition coefficient (Wildman–Crippen LogP) is 2.31. The molecule has 0 aliphatic carbocycles. The van der Waals surface area contributed by atoms with Crippen LogP contribution in [0.25, 0.3) is 0 Å². The van der Waals surface area contributed by atoms with Gasteiger partial charge in [0.25, 0.3) is 0 Å². The van der Waals surface area contributed by atoms with E-state index in [4.69, 9.17) is 10.6 Å². The van der Waals surface area contributed by atoms with Gasteiger partial charge < -0.3 is 4.74 Å². The molecule has 1 aliphatic heterocycles. The summed E-state index contributed by atoms with van der Waals surface area (Å²) in [5, 5.41) is 2.12. The first-order valence-corrected chi connectivity index (χ1v) is 7.23. The minimum Gasteiger partial charge on any atom is -0.381 e. The Morgan fingerprint density at radius 1 is 1.56 bits per heavy atom. The summed E-state index contributed by atoms with van der Waals surface area (Å²) in [6, 6.07) is 2.54. The smallest absolute Gasteiger partial charge is 0.0469 e. The number of hydrogen-bond acceptors (Lipinski definition) is 4. The zero-order valence-electron chi connectivity index (χ0n) is 9.12. The SMILES string of the molecule is NNC(Cc1cc(Br)cs1)C1CCOCC1. The van der Waals surface area contributed by atoms with Crippen molar-refractivity contribution in [3.05, 3.63) is 20.8 Å². The van der Waals surface area contributed by atoms with Crippen molar-refractivity contribution in [3.8, 4) is 0 Å². The van der Waals surface area contributed by atoms with Crippen LogP contribution < -0.4 is 11.3 Å². The van der Waals surface area contributed by atoms with Crippen LogP contribution in [0.15, 0.2) is 15.9 Å². The number of ether oxygens (including phenoxy) is 1. The predicted molar refractivity (Wildman–Crippen MR) is 70.4 cm³/mol. The lowest BCUT2D eigenvalue weighted by Crippen LogP contribution is -2.44. The molecule has 0 amide bonds. The van der Waals surface area contributed by atoms with Crippen LogP contribution in [0, 0.1) is 5.92 Å². The molecule has 1 aliphatic rings. The van der Waals surface area contributed by atoms with E-state index in [-0.39, 0.29) is 0 Å². The normalized spacial score (nSPS) is 19.9. The zero-order valence-corrected chi connectivity index (χ0v) is 11.5. The van der Waals surface area contributed by atoms with Crippen molar-refractivity contribution in [1.29, 1.82) is 0 Å². The average molecular weight is 305 g/mol. The molecule has 0 saturated carbocycles. The molecule has 1 atom stereocenters. The molecular weight excluding hydrogens is 288 g/mol. The number of thiophene rings is 1. The third kappa shape index (κ3) is 3.28. The van der Waals surface area contributed by atoms with E-state index in [1.165, 1.54) is 4.88 Å². The number of hydrogen-bond donors (Lipinski definition) is 2. The molecule has 1 aromatic heterocycles. The van der Waals surface area contributed by atoms with Crippen LogP contribution in [0.3, 0.4) is 0 Å². The maximum absolute atomic E-state index is 5.66. The minimum atomic E-state index is 0.370. The van der Waals surface area contributed by atoms with Gasteiger partial charge in [-0.05, 0) is 47.2 Å². The van der Waals surface area contributed by atoms with E-state index >= 15 is 0 Å². The average Bonchev–Trinajstić information content (AvgIpc) is 2.73. The highest BCUT2D eigenvalue weighted by atomic mass is 79.9. The fraction of sp³-hybridized carbons (Fsp3) is 0.636. The summed E-state index contributed by atoms with van der Waals surface area (Å²) in [4.78, 5) is 1.38. The fourth-order valence-corrected chi connectivity index (χ4v) is 3.67. The topological polar surface area (TPSA) is 47.3 Å². The van der Waals surface area contributed by atoms with Gasteiger partial charge in [-0.3, -0.25) is 11.3 Å². The maximum Gasteiger partial charge on any atom is 0.0469 e. The van der Waals surface area contributed by atoms with Crippen molar-refractivity contribution in [2.24, 2.45) is 11.8 Å². The van der Waals surface area contributed by atoms with Crippen LogP contribution in [0.4, 0.5) is 0 Å². The molecule has 0 radical (unpaired) electrons.